The Morgan fingerprint density at radius 1 is 1.22 bits per heavy atom. The van der Waals surface area contributed by atoms with Gasteiger partial charge in [-0.3, -0.25) is 4.79 Å². The van der Waals surface area contributed by atoms with Gasteiger partial charge in [-0.05, 0) is 23.8 Å². The molecule has 0 radical (unpaired) electrons. The number of benzene rings is 2. The van der Waals surface area contributed by atoms with Gasteiger partial charge in [0.2, 0.25) is 5.91 Å². The normalized spacial score (nSPS) is 11.2. The first-order valence-corrected chi connectivity index (χ1v) is 7.24. The van der Waals surface area contributed by atoms with Gasteiger partial charge in [-0.1, -0.05) is 30.3 Å². The first-order valence-electron chi connectivity index (χ1n) is 7.24. The van der Waals surface area contributed by atoms with Crippen molar-refractivity contribution in [1.29, 1.82) is 0 Å². The SMILES string of the molecule is Cn1cc(/C=N/NC(=O)Cc2ccc(F)cc2)c2ccccc21. The van der Waals surface area contributed by atoms with Gasteiger partial charge in [-0.2, -0.15) is 5.10 Å². The van der Waals surface area contributed by atoms with Crippen molar-refractivity contribution in [1.82, 2.24) is 9.99 Å². The van der Waals surface area contributed by atoms with Crippen LogP contribution >= 0.6 is 0 Å². The van der Waals surface area contributed by atoms with Gasteiger partial charge in [-0.15, -0.1) is 0 Å². The molecule has 0 aliphatic heterocycles. The van der Waals surface area contributed by atoms with Crippen LogP contribution in [0.5, 0.6) is 0 Å². The summed E-state index contributed by atoms with van der Waals surface area (Å²) in [6.45, 7) is 0. The summed E-state index contributed by atoms with van der Waals surface area (Å²) < 4.78 is 14.8. The second kappa shape index (κ2) is 6.44. The maximum Gasteiger partial charge on any atom is 0.244 e. The predicted molar refractivity (Wildman–Crippen MR) is 88.8 cm³/mol. The molecule has 116 valence electrons. The minimum atomic E-state index is -0.317. The maximum atomic E-state index is 12.8. The lowest BCUT2D eigenvalue weighted by atomic mass is 10.1. The van der Waals surface area contributed by atoms with E-state index in [4.69, 9.17) is 0 Å². The molecule has 0 saturated carbocycles. The molecule has 23 heavy (non-hydrogen) atoms. The van der Waals surface area contributed by atoms with Crippen molar-refractivity contribution < 1.29 is 9.18 Å². The molecule has 0 spiro atoms. The van der Waals surface area contributed by atoms with Gasteiger partial charge >= 0.3 is 0 Å². The third-order valence-electron chi connectivity index (χ3n) is 3.60. The number of aryl methyl sites for hydroxylation is 1. The number of hydrogen-bond acceptors (Lipinski definition) is 2. The van der Waals surface area contributed by atoms with Crippen molar-refractivity contribution in [3.8, 4) is 0 Å². The van der Waals surface area contributed by atoms with Crippen molar-refractivity contribution in [3.05, 3.63) is 71.7 Å². The van der Waals surface area contributed by atoms with E-state index in [1.807, 2.05) is 42.1 Å². The lowest BCUT2D eigenvalue weighted by Crippen LogP contribution is -2.19. The molecule has 0 saturated heterocycles. The summed E-state index contributed by atoms with van der Waals surface area (Å²) in [6.07, 6.45) is 3.75. The van der Waals surface area contributed by atoms with Crippen molar-refractivity contribution in [2.24, 2.45) is 12.1 Å². The number of rotatable bonds is 4. The van der Waals surface area contributed by atoms with E-state index in [0.29, 0.717) is 0 Å². The number of nitrogens with zero attached hydrogens (tertiary/aromatic N) is 2. The molecule has 0 aliphatic rings. The van der Waals surface area contributed by atoms with Crippen LogP contribution in [0.4, 0.5) is 4.39 Å². The average molecular weight is 309 g/mol. The smallest absolute Gasteiger partial charge is 0.244 e. The summed E-state index contributed by atoms with van der Waals surface area (Å²) in [6, 6.07) is 13.8. The quantitative estimate of drug-likeness (QED) is 0.584. The highest BCUT2D eigenvalue weighted by molar-refractivity contribution is 5.99. The molecule has 2 aromatic carbocycles. The van der Waals surface area contributed by atoms with E-state index in [1.54, 1.807) is 18.3 Å². The fraction of sp³-hybridized carbons (Fsp3) is 0.111. The van der Waals surface area contributed by atoms with Crippen molar-refractivity contribution >= 4 is 23.0 Å². The third kappa shape index (κ3) is 3.45. The molecule has 0 atom stereocenters. The Balaban J connectivity index is 1.66. The monoisotopic (exact) mass is 309 g/mol. The molecular weight excluding hydrogens is 293 g/mol. The van der Waals surface area contributed by atoms with Crippen LogP contribution in [0.15, 0.2) is 59.8 Å². The van der Waals surface area contributed by atoms with Crippen LogP contribution in [-0.2, 0) is 18.3 Å². The topological polar surface area (TPSA) is 46.4 Å². The first-order chi connectivity index (χ1) is 11.1. The van der Waals surface area contributed by atoms with Crippen LogP contribution < -0.4 is 5.43 Å². The lowest BCUT2D eigenvalue weighted by molar-refractivity contribution is -0.120. The lowest BCUT2D eigenvalue weighted by Gasteiger charge is -2.00. The van der Waals surface area contributed by atoms with E-state index in [-0.39, 0.29) is 18.1 Å². The average Bonchev–Trinajstić information content (AvgIpc) is 2.87. The zero-order chi connectivity index (χ0) is 16.2. The number of carbonyl (C=O) groups is 1. The minimum Gasteiger partial charge on any atom is -0.350 e. The number of hydrazone groups is 1. The first kappa shape index (κ1) is 15.0. The van der Waals surface area contributed by atoms with E-state index >= 15 is 0 Å². The van der Waals surface area contributed by atoms with E-state index in [0.717, 1.165) is 22.0 Å². The number of fused-ring (bicyclic) bond motifs is 1. The van der Waals surface area contributed by atoms with Gasteiger partial charge in [0.1, 0.15) is 5.82 Å². The highest BCUT2D eigenvalue weighted by Gasteiger charge is 2.04. The number of halogens is 1. The Kier molecular flexibility index (Phi) is 4.19. The minimum absolute atomic E-state index is 0.160. The maximum absolute atomic E-state index is 12.8. The second-order valence-electron chi connectivity index (χ2n) is 5.31. The van der Waals surface area contributed by atoms with Gasteiger partial charge in [0, 0.05) is 29.7 Å². The van der Waals surface area contributed by atoms with Crippen molar-refractivity contribution in [3.63, 3.8) is 0 Å². The molecule has 1 heterocycles. The van der Waals surface area contributed by atoms with Crippen LogP contribution in [0.25, 0.3) is 10.9 Å². The van der Waals surface area contributed by atoms with Crippen molar-refractivity contribution in [2.45, 2.75) is 6.42 Å². The summed E-state index contributed by atoms with van der Waals surface area (Å²) in [5.41, 5.74) is 5.27. The van der Waals surface area contributed by atoms with Crippen LogP contribution in [-0.4, -0.2) is 16.7 Å². The molecule has 1 N–H and O–H groups in total. The fourth-order valence-corrected chi connectivity index (χ4v) is 2.48. The van der Waals surface area contributed by atoms with Gasteiger partial charge in [-0.25, -0.2) is 9.82 Å². The number of hydrogen-bond donors (Lipinski definition) is 1. The molecule has 3 aromatic rings. The Hall–Kier alpha value is -2.95. The molecule has 5 heteroatoms. The third-order valence-corrected chi connectivity index (χ3v) is 3.60. The number of amides is 1. The molecule has 0 aliphatic carbocycles. The zero-order valence-electron chi connectivity index (χ0n) is 12.7. The number of aromatic nitrogens is 1. The van der Waals surface area contributed by atoms with E-state index in [2.05, 4.69) is 10.5 Å². The van der Waals surface area contributed by atoms with Crippen molar-refractivity contribution in [2.75, 3.05) is 0 Å². The standard InChI is InChI=1S/C18H16FN3O/c1-22-12-14(16-4-2-3-5-17(16)22)11-20-21-18(23)10-13-6-8-15(19)9-7-13/h2-9,11-12H,10H2,1H3,(H,21,23)/b20-11+. The Labute approximate surface area is 133 Å². The van der Waals surface area contributed by atoms with Crippen LogP contribution in [0.1, 0.15) is 11.1 Å². The largest absolute Gasteiger partial charge is 0.350 e. The molecule has 1 amide bonds. The summed E-state index contributed by atoms with van der Waals surface area (Å²) >= 11 is 0. The predicted octanol–water partition coefficient (Wildman–Crippen LogP) is 3.01. The van der Waals surface area contributed by atoms with E-state index in [1.165, 1.54) is 12.1 Å². The van der Waals surface area contributed by atoms with E-state index in [9.17, 15) is 9.18 Å². The van der Waals surface area contributed by atoms with Gasteiger partial charge < -0.3 is 4.57 Å². The highest BCUT2D eigenvalue weighted by atomic mass is 19.1. The number of para-hydroxylation sites is 1. The second-order valence-corrected chi connectivity index (χ2v) is 5.31. The van der Waals surface area contributed by atoms with Crippen LogP contribution in [0.3, 0.4) is 0 Å². The Morgan fingerprint density at radius 3 is 2.74 bits per heavy atom. The molecular formula is C18H16FN3O. The van der Waals surface area contributed by atoms with Crippen LogP contribution in [0.2, 0.25) is 0 Å². The summed E-state index contributed by atoms with van der Waals surface area (Å²) in [5, 5.41) is 5.08. The van der Waals surface area contributed by atoms with Gasteiger partial charge in [0.25, 0.3) is 0 Å². The summed E-state index contributed by atoms with van der Waals surface area (Å²) in [7, 11) is 1.97. The summed E-state index contributed by atoms with van der Waals surface area (Å²) in [5.74, 6) is -0.559. The molecule has 0 fully saturated rings. The molecule has 3 rings (SSSR count). The summed E-state index contributed by atoms with van der Waals surface area (Å²) in [4.78, 5) is 11.8. The molecule has 1 aromatic heterocycles. The van der Waals surface area contributed by atoms with Gasteiger partial charge in [0.05, 0.1) is 12.6 Å². The zero-order valence-corrected chi connectivity index (χ0v) is 12.7. The molecule has 4 nitrogen and oxygen atoms in total. The number of carbonyl (C=O) groups excluding carboxylic acids is 1. The fourth-order valence-electron chi connectivity index (χ4n) is 2.48. The Morgan fingerprint density at radius 2 is 1.96 bits per heavy atom. The molecule has 0 bridgehead atoms. The Bertz CT molecular complexity index is 866. The van der Waals surface area contributed by atoms with Gasteiger partial charge in [0.15, 0.2) is 0 Å². The van der Waals surface area contributed by atoms with Crippen LogP contribution in [0, 0.1) is 5.82 Å². The highest BCUT2D eigenvalue weighted by Crippen LogP contribution is 2.18. The molecule has 0 unspecified atom stereocenters. The number of nitrogens with one attached hydrogen (secondary N) is 1. The van der Waals surface area contributed by atoms with E-state index < -0.39 is 0 Å².